The molecule has 0 aliphatic heterocycles. The molecule has 1 nitrogen and oxygen atoms in total. The van der Waals surface area contributed by atoms with Gasteiger partial charge in [-0.05, 0) is 35.7 Å². The van der Waals surface area contributed by atoms with E-state index in [4.69, 9.17) is 0 Å². The zero-order chi connectivity index (χ0) is 15.7. The molecular formula is C19H28OS2. The molecule has 2 aromatic rings. The van der Waals surface area contributed by atoms with E-state index in [2.05, 4.69) is 29.8 Å². The lowest BCUT2D eigenvalue weighted by molar-refractivity contribution is 0.0754. The summed E-state index contributed by atoms with van der Waals surface area (Å²) in [4.78, 5) is 2.16. The Morgan fingerprint density at radius 1 is 0.818 bits per heavy atom. The van der Waals surface area contributed by atoms with Crippen LogP contribution < -0.4 is 0 Å². The highest BCUT2D eigenvalue weighted by atomic mass is 32.1. The van der Waals surface area contributed by atoms with Crippen molar-refractivity contribution in [2.75, 3.05) is 0 Å². The standard InChI is InChI=1S/C19H28OS2/c1-2-3-4-5-6-7-8-9-14-19(20,17-12-10-15-21-17)18-13-11-16-22-18/h10-13,15-16,20H,2-9,14H2,1H3. The van der Waals surface area contributed by atoms with Crippen LogP contribution >= 0.6 is 22.7 Å². The molecule has 1 N–H and O–H groups in total. The molecule has 0 aliphatic carbocycles. The third-order valence-electron chi connectivity index (χ3n) is 4.25. The van der Waals surface area contributed by atoms with E-state index in [1.807, 2.05) is 12.1 Å². The summed E-state index contributed by atoms with van der Waals surface area (Å²) in [5.74, 6) is 0. The molecule has 22 heavy (non-hydrogen) atoms. The summed E-state index contributed by atoms with van der Waals surface area (Å²) in [7, 11) is 0. The first kappa shape index (κ1) is 17.7. The van der Waals surface area contributed by atoms with Crippen LogP contribution in [0, 0.1) is 0 Å². The Balaban J connectivity index is 1.80. The molecule has 2 aromatic heterocycles. The molecule has 0 unspecified atom stereocenters. The van der Waals surface area contributed by atoms with Gasteiger partial charge in [0.05, 0.1) is 0 Å². The minimum Gasteiger partial charge on any atom is -0.379 e. The number of hydrogen-bond acceptors (Lipinski definition) is 3. The van der Waals surface area contributed by atoms with E-state index in [0.717, 1.165) is 22.6 Å². The van der Waals surface area contributed by atoms with Gasteiger partial charge in [0.25, 0.3) is 0 Å². The van der Waals surface area contributed by atoms with Gasteiger partial charge < -0.3 is 5.11 Å². The SMILES string of the molecule is CCCCCCCCCCC(O)(c1cccs1)c1cccs1. The van der Waals surface area contributed by atoms with E-state index in [1.165, 1.54) is 44.9 Å². The number of thiophene rings is 2. The Morgan fingerprint density at radius 3 is 1.77 bits per heavy atom. The summed E-state index contributed by atoms with van der Waals surface area (Å²) in [5, 5.41) is 15.3. The fraction of sp³-hybridized carbons (Fsp3) is 0.579. The maximum atomic E-state index is 11.2. The molecule has 0 radical (unpaired) electrons. The second-order valence-corrected chi connectivity index (χ2v) is 7.94. The molecule has 0 amide bonds. The van der Waals surface area contributed by atoms with Crippen LogP contribution in [0.15, 0.2) is 35.0 Å². The van der Waals surface area contributed by atoms with Crippen LogP contribution in [0.5, 0.6) is 0 Å². The lowest BCUT2D eigenvalue weighted by Gasteiger charge is -2.26. The van der Waals surface area contributed by atoms with Gasteiger partial charge >= 0.3 is 0 Å². The molecule has 0 aliphatic rings. The van der Waals surface area contributed by atoms with E-state index in [-0.39, 0.29) is 0 Å². The molecule has 0 saturated heterocycles. The van der Waals surface area contributed by atoms with Crippen molar-refractivity contribution in [2.24, 2.45) is 0 Å². The molecule has 0 spiro atoms. The first-order chi connectivity index (χ1) is 10.8. The number of hydrogen-bond donors (Lipinski definition) is 1. The largest absolute Gasteiger partial charge is 0.379 e. The summed E-state index contributed by atoms with van der Waals surface area (Å²) in [6, 6.07) is 8.20. The fourth-order valence-corrected chi connectivity index (χ4v) is 4.71. The summed E-state index contributed by atoms with van der Waals surface area (Å²) >= 11 is 3.32. The maximum absolute atomic E-state index is 11.2. The van der Waals surface area contributed by atoms with Crippen molar-refractivity contribution in [3.8, 4) is 0 Å². The Morgan fingerprint density at radius 2 is 1.32 bits per heavy atom. The predicted molar refractivity (Wildman–Crippen MR) is 98.9 cm³/mol. The van der Waals surface area contributed by atoms with E-state index in [9.17, 15) is 5.11 Å². The van der Waals surface area contributed by atoms with Crippen LogP contribution in [-0.2, 0) is 5.60 Å². The zero-order valence-electron chi connectivity index (χ0n) is 13.6. The highest BCUT2D eigenvalue weighted by Crippen LogP contribution is 2.39. The van der Waals surface area contributed by atoms with E-state index >= 15 is 0 Å². The van der Waals surface area contributed by atoms with Gasteiger partial charge in [0.15, 0.2) is 0 Å². The Kier molecular flexibility index (Phi) is 7.64. The highest BCUT2D eigenvalue weighted by molar-refractivity contribution is 7.11. The second-order valence-electron chi connectivity index (χ2n) is 6.04. The van der Waals surface area contributed by atoms with Gasteiger partial charge in [0.1, 0.15) is 5.60 Å². The van der Waals surface area contributed by atoms with Gasteiger partial charge in [-0.3, -0.25) is 0 Å². The summed E-state index contributed by atoms with van der Waals surface area (Å²) < 4.78 is 0. The van der Waals surface area contributed by atoms with Crippen molar-refractivity contribution in [2.45, 2.75) is 70.3 Å². The van der Waals surface area contributed by atoms with Crippen LogP contribution in [-0.4, -0.2) is 5.11 Å². The number of unbranched alkanes of at least 4 members (excludes halogenated alkanes) is 7. The molecule has 0 fully saturated rings. The zero-order valence-corrected chi connectivity index (χ0v) is 15.2. The number of aliphatic hydroxyl groups is 1. The topological polar surface area (TPSA) is 20.2 Å². The van der Waals surface area contributed by atoms with E-state index in [0.29, 0.717) is 0 Å². The average Bonchev–Trinajstić information content (AvgIpc) is 3.23. The Bertz CT molecular complexity index is 453. The van der Waals surface area contributed by atoms with Crippen LogP contribution in [0.2, 0.25) is 0 Å². The van der Waals surface area contributed by atoms with Crippen molar-refractivity contribution in [3.63, 3.8) is 0 Å². The van der Waals surface area contributed by atoms with Crippen LogP contribution in [0.25, 0.3) is 0 Å². The van der Waals surface area contributed by atoms with Gasteiger partial charge in [-0.1, -0.05) is 64.0 Å². The predicted octanol–water partition coefficient (Wildman–Crippen LogP) is 6.58. The third kappa shape index (κ3) is 4.94. The van der Waals surface area contributed by atoms with Gasteiger partial charge in [0.2, 0.25) is 0 Å². The molecule has 0 aromatic carbocycles. The third-order valence-corrected chi connectivity index (χ3v) is 6.29. The van der Waals surface area contributed by atoms with Crippen molar-refractivity contribution in [3.05, 3.63) is 44.8 Å². The first-order valence-electron chi connectivity index (χ1n) is 8.57. The van der Waals surface area contributed by atoms with Gasteiger partial charge in [-0.25, -0.2) is 0 Å². The average molecular weight is 337 g/mol. The maximum Gasteiger partial charge on any atom is 0.133 e. The van der Waals surface area contributed by atoms with Crippen LogP contribution in [0.3, 0.4) is 0 Å². The van der Waals surface area contributed by atoms with E-state index in [1.54, 1.807) is 22.7 Å². The quantitative estimate of drug-likeness (QED) is 0.460. The molecule has 0 bridgehead atoms. The van der Waals surface area contributed by atoms with Crippen molar-refractivity contribution >= 4 is 22.7 Å². The molecule has 122 valence electrons. The lowest BCUT2D eigenvalue weighted by Crippen LogP contribution is -2.24. The monoisotopic (exact) mass is 336 g/mol. The number of rotatable bonds is 11. The van der Waals surface area contributed by atoms with Crippen molar-refractivity contribution in [1.29, 1.82) is 0 Å². The fourth-order valence-electron chi connectivity index (χ4n) is 2.91. The molecular weight excluding hydrogens is 308 g/mol. The van der Waals surface area contributed by atoms with Crippen molar-refractivity contribution < 1.29 is 5.11 Å². The van der Waals surface area contributed by atoms with Crippen molar-refractivity contribution in [1.82, 2.24) is 0 Å². The Hall–Kier alpha value is -0.640. The lowest BCUT2D eigenvalue weighted by atomic mass is 9.92. The molecule has 2 heterocycles. The van der Waals surface area contributed by atoms with Crippen LogP contribution in [0.4, 0.5) is 0 Å². The summed E-state index contributed by atoms with van der Waals surface area (Å²) in [6.45, 7) is 2.26. The van der Waals surface area contributed by atoms with Gasteiger partial charge in [0, 0.05) is 9.75 Å². The molecule has 0 saturated carbocycles. The normalized spacial score (nSPS) is 11.9. The molecule has 3 heteroatoms. The first-order valence-corrected chi connectivity index (χ1v) is 10.3. The Labute approximate surface area is 143 Å². The summed E-state index contributed by atoms with van der Waals surface area (Å²) in [5.41, 5.74) is -0.773. The molecule has 2 rings (SSSR count). The minimum absolute atomic E-state index is 0.773. The smallest absolute Gasteiger partial charge is 0.133 e. The minimum atomic E-state index is -0.773. The van der Waals surface area contributed by atoms with E-state index < -0.39 is 5.60 Å². The second kappa shape index (κ2) is 9.49. The van der Waals surface area contributed by atoms with Gasteiger partial charge in [-0.2, -0.15) is 0 Å². The summed E-state index contributed by atoms with van der Waals surface area (Å²) in [6.07, 6.45) is 11.2. The highest BCUT2D eigenvalue weighted by Gasteiger charge is 2.32. The van der Waals surface area contributed by atoms with Gasteiger partial charge in [-0.15, -0.1) is 22.7 Å². The molecule has 0 atom stereocenters. The van der Waals surface area contributed by atoms with Crippen LogP contribution in [0.1, 0.15) is 74.5 Å².